The van der Waals surface area contributed by atoms with Crippen LogP contribution in [0.15, 0.2) is 180 Å². The molecule has 0 aliphatic carbocycles. The Labute approximate surface area is 299 Å². The first-order chi connectivity index (χ1) is 28.8. The van der Waals surface area contributed by atoms with Crippen molar-refractivity contribution in [2.24, 2.45) is 0 Å². The number of aromatic nitrogens is 3. The molecular weight excluding hydrogens is 599 g/mol. The van der Waals surface area contributed by atoms with Crippen molar-refractivity contribution in [1.29, 1.82) is 0 Å². The largest absolute Gasteiger partial charge is 0.456 e. The van der Waals surface area contributed by atoms with Gasteiger partial charge in [-0.3, -0.25) is 0 Å². The minimum atomic E-state index is -0.685. The summed E-state index contributed by atoms with van der Waals surface area (Å²) in [5, 5.41) is -0.246. The molecule has 0 fully saturated rings. The molecular formula is C45H29N3O. The Hall–Kier alpha value is -6.65. The molecule has 0 unspecified atom stereocenters. The quantitative estimate of drug-likeness (QED) is 0.182. The lowest BCUT2D eigenvalue weighted by molar-refractivity contribution is 0.669. The van der Waals surface area contributed by atoms with Crippen LogP contribution in [0.5, 0.6) is 0 Å². The normalized spacial score (nSPS) is 14.4. The van der Waals surface area contributed by atoms with Gasteiger partial charge in [-0.1, -0.05) is 158 Å². The Kier molecular flexibility index (Phi) is 4.78. The highest BCUT2D eigenvalue weighted by molar-refractivity contribution is 6.12. The van der Waals surface area contributed by atoms with Crippen LogP contribution in [0.3, 0.4) is 0 Å². The van der Waals surface area contributed by atoms with Crippen molar-refractivity contribution in [3.05, 3.63) is 176 Å². The minimum Gasteiger partial charge on any atom is -0.456 e. The highest BCUT2D eigenvalue weighted by Crippen LogP contribution is 2.38. The summed E-state index contributed by atoms with van der Waals surface area (Å²) in [6.45, 7) is 0. The molecule has 9 aromatic rings. The summed E-state index contributed by atoms with van der Waals surface area (Å²) in [4.78, 5) is 14.4. The Morgan fingerprint density at radius 3 is 1.55 bits per heavy atom. The fourth-order valence-electron chi connectivity index (χ4n) is 5.75. The number of hydrogen-bond acceptors (Lipinski definition) is 4. The number of furan rings is 1. The lowest BCUT2D eigenvalue weighted by Gasteiger charge is -2.10. The zero-order valence-corrected chi connectivity index (χ0v) is 25.6. The zero-order valence-electron chi connectivity index (χ0n) is 36.6. The van der Waals surface area contributed by atoms with Gasteiger partial charge in [0.05, 0.1) is 15.1 Å². The molecule has 230 valence electrons. The van der Waals surface area contributed by atoms with Crippen molar-refractivity contribution in [3.8, 4) is 67.5 Å². The predicted octanol–water partition coefficient (Wildman–Crippen LogP) is 11.8. The van der Waals surface area contributed by atoms with Gasteiger partial charge in [-0.15, -0.1) is 0 Å². The van der Waals surface area contributed by atoms with Crippen LogP contribution in [-0.2, 0) is 0 Å². The summed E-state index contributed by atoms with van der Waals surface area (Å²) in [5.41, 5.74) is 3.76. The van der Waals surface area contributed by atoms with E-state index in [4.69, 9.17) is 31.7 Å². The van der Waals surface area contributed by atoms with Crippen LogP contribution in [0.4, 0.5) is 0 Å². The Bertz CT molecular complexity index is 3170. The first-order valence-electron chi connectivity index (χ1n) is 21.0. The fraction of sp³-hybridized carbons (Fsp3) is 0. The lowest BCUT2D eigenvalue weighted by atomic mass is 9.99. The predicted molar refractivity (Wildman–Crippen MR) is 200 cm³/mol. The molecule has 0 spiro atoms. The van der Waals surface area contributed by atoms with Gasteiger partial charge in [-0.25, -0.2) is 15.0 Å². The van der Waals surface area contributed by atoms with Crippen LogP contribution in [0.2, 0.25) is 0 Å². The molecule has 0 saturated heterocycles. The van der Waals surface area contributed by atoms with Crippen LogP contribution < -0.4 is 0 Å². The molecule has 0 radical (unpaired) electrons. The molecule has 49 heavy (non-hydrogen) atoms. The van der Waals surface area contributed by atoms with Gasteiger partial charge < -0.3 is 4.42 Å². The molecule has 4 heteroatoms. The average molecular weight is 639 g/mol. The van der Waals surface area contributed by atoms with Crippen molar-refractivity contribution in [1.82, 2.24) is 15.0 Å². The molecule has 0 bridgehead atoms. The monoisotopic (exact) mass is 638 g/mol. The third-order valence-corrected chi connectivity index (χ3v) is 8.18. The second-order valence-electron chi connectivity index (χ2n) is 11.2. The van der Waals surface area contributed by atoms with Crippen molar-refractivity contribution < 1.29 is 19.5 Å². The van der Waals surface area contributed by atoms with E-state index in [-0.39, 0.29) is 45.0 Å². The van der Waals surface area contributed by atoms with Crippen molar-refractivity contribution in [2.45, 2.75) is 0 Å². The molecule has 9 rings (SSSR count). The molecule has 4 nitrogen and oxygen atoms in total. The topological polar surface area (TPSA) is 51.8 Å². The summed E-state index contributed by atoms with van der Waals surface area (Å²) in [5.74, 6) is 0.335. The van der Waals surface area contributed by atoms with E-state index in [1.807, 2.05) is 72.8 Å². The summed E-state index contributed by atoms with van der Waals surface area (Å²) in [6.07, 6.45) is 0. The highest BCUT2D eigenvalue weighted by atomic mass is 16.3. The lowest BCUT2D eigenvalue weighted by Crippen LogP contribution is -2.00. The molecule has 0 N–H and O–H groups in total. The van der Waals surface area contributed by atoms with Crippen LogP contribution in [-0.4, -0.2) is 15.0 Å². The number of nitrogens with zero attached hydrogens (tertiary/aromatic N) is 3. The number of benzene rings is 7. The van der Waals surface area contributed by atoms with E-state index in [0.29, 0.717) is 11.1 Å². The SMILES string of the molecule is [2H]c1c([2H])c([2H])c(-c2c([2H])c([2H])c3oc4c([2H])c([2H])c([2H])c(-c5nc(-c6ccccc6)nc(-c6ccc(-c7ccc(-c8ccccc8)cc7)cc6)n5)c4c3c2[2H])c([2H])c1[2H]. The maximum Gasteiger partial charge on any atom is 0.164 e. The summed E-state index contributed by atoms with van der Waals surface area (Å²) < 4.78 is 102. The molecule has 0 atom stereocenters. The van der Waals surface area contributed by atoms with Gasteiger partial charge in [0.1, 0.15) is 11.2 Å². The standard InChI is InChI=1S/C45H29N3O/c1-4-11-30(12-5-1)32-19-21-33(22-20-32)34-23-25-36(26-24-34)44-46-43(35-15-8-3-9-16-35)47-45(48-44)38-17-10-18-41-42(38)39-29-37(27-28-40(39)49-41)31-13-6-2-7-14-31/h1-29H/i2D,6D,7D,10D,13D,14D,17D,18D,27D,28D,29D. The van der Waals surface area contributed by atoms with Crippen LogP contribution >= 0.6 is 0 Å². The van der Waals surface area contributed by atoms with Crippen molar-refractivity contribution >= 4 is 21.9 Å². The zero-order chi connectivity index (χ0) is 42.1. The van der Waals surface area contributed by atoms with Crippen LogP contribution in [0.1, 0.15) is 15.1 Å². The van der Waals surface area contributed by atoms with Gasteiger partial charge >= 0.3 is 0 Å². The molecule has 0 aliphatic heterocycles. The smallest absolute Gasteiger partial charge is 0.164 e. The summed E-state index contributed by atoms with van der Waals surface area (Å²) >= 11 is 0. The maximum atomic E-state index is 9.43. The number of hydrogen-bond donors (Lipinski definition) is 0. The third-order valence-electron chi connectivity index (χ3n) is 8.18. The van der Waals surface area contributed by atoms with Gasteiger partial charge in [0.15, 0.2) is 17.5 Å². The Morgan fingerprint density at radius 1 is 0.388 bits per heavy atom. The number of fused-ring (bicyclic) bond motifs is 3. The molecule has 2 heterocycles. The number of rotatable bonds is 6. The fourth-order valence-corrected chi connectivity index (χ4v) is 5.75. The van der Waals surface area contributed by atoms with Gasteiger partial charge in [0.25, 0.3) is 0 Å². The maximum absolute atomic E-state index is 9.43. The van der Waals surface area contributed by atoms with Crippen molar-refractivity contribution in [3.63, 3.8) is 0 Å². The van der Waals surface area contributed by atoms with E-state index in [2.05, 4.69) is 24.3 Å². The molecule has 0 saturated carbocycles. The average Bonchev–Trinajstić information content (AvgIpc) is 3.69. The molecule has 0 aliphatic rings. The second kappa shape index (κ2) is 12.2. The van der Waals surface area contributed by atoms with Crippen LogP contribution in [0, 0.1) is 0 Å². The van der Waals surface area contributed by atoms with Gasteiger partial charge in [-0.05, 0) is 51.5 Å². The summed E-state index contributed by atoms with van der Waals surface area (Å²) in [6, 6.07) is 28.3. The van der Waals surface area contributed by atoms with Crippen LogP contribution in [0.25, 0.3) is 89.5 Å². The van der Waals surface area contributed by atoms with E-state index < -0.39 is 77.6 Å². The van der Waals surface area contributed by atoms with Gasteiger partial charge in [-0.2, -0.15) is 0 Å². The first kappa shape index (κ1) is 19.2. The van der Waals surface area contributed by atoms with Crippen molar-refractivity contribution in [2.75, 3.05) is 0 Å². The van der Waals surface area contributed by atoms with E-state index in [9.17, 15) is 2.74 Å². The van der Waals surface area contributed by atoms with E-state index in [0.717, 1.165) is 22.3 Å². The van der Waals surface area contributed by atoms with E-state index >= 15 is 0 Å². The van der Waals surface area contributed by atoms with E-state index in [1.165, 1.54) is 0 Å². The van der Waals surface area contributed by atoms with E-state index in [1.54, 1.807) is 12.1 Å². The first-order valence-corrected chi connectivity index (χ1v) is 15.5. The minimum absolute atomic E-state index is 0.0754. The van der Waals surface area contributed by atoms with Gasteiger partial charge in [0.2, 0.25) is 0 Å². The van der Waals surface area contributed by atoms with Gasteiger partial charge in [0, 0.05) is 27.5 Å². The molecule has 2 aromatic heterocycles. The Balaban J connectivity index is 1.27. The molecule has 7 aromatic carbocycles. The third kappa shape index (κ3) is 5.45. The highest BCUT2D eigenvalue weighted by Gasteiger charge is 2.18. The summed E-state index contributed by atoms with van der Waals surface area (Å²) in [7, 11) is 0. The second-order valence-corrected chi connectivity index (χ2v) is 11.2. The molecule has 0 amide bonds. The Morgan fingerprint density at radius 2 is 0.918 bits per heavy atom.